The maximum absolute atomic E-state index is 8.56. The van der Waals surface area contributed by atoms with Crippen LogP contribution in [0.2, 0.25) is 0 Å². The Bertz CT molecular complexity index is 37.9. The predicted octanol–water partition coefficient (Wildman–Crippen LogP) is -0.00680. The first kappa shape index (κ1) is 23.1. The molecule has 2 N–H and O–H groups in total. The van der Waals surface area contributed by atoms with Crippen molar-refractivity contribution in [2.75, 3.05) is 0 Å². The van der Waals surface area contributed by atoms with E-state index in [1.165, 1.54) is 0 Å². The molecule has 0 saturated carbocycles. The van der Waals surface area contributed by atoms with Crippen molar-refractivity contribution in [1.82, 2.24) is 0 Å². The van der Waals surface area contributed by atoms with Crippen molar-refractivity contribution in [3.05, 3.63) is 0 Å². The van der Waals surface area contributed by atoms with Crippen LogP contribution >= 0.6 is 12.4 Å². The molecule has 0 aliphatic carbocycles. The van der Waals surface area contributed by atoms with Crippen LogP contribution < -0.4 is 0 Å². The maximum atomic E-state index is 8.56. The zero-order valence-corrected chi connectivity index (χ0v) is 5.50. The molecule has 0 heterocycles. The van der Waals surface area contributed by atoms with E-state index in [4.69, 9.17) is 15.0 Å². The van der Waals surface area contributed by atoms with Gasteiger partial charge in [0.15, 0.2) is 0 Å². The Morgan fingerprint density at radius 2 is 1.29 bits per heavy atom. The van der Waals surface area contributed by atoms with Gasteiger partial charge < -0.3 is 10.2 Å². The minimum atomic E-state index is -1.83. The summed E-state index contributed by atoms with van der Waals surface area (Å²) in [7, 11) is 0. The summed E-state index contributed by atoms with van der Waals surface area (Å²) in [5.41, 5.74) is 0. The molecule has 0 rings (SSSR count). The molecule has 0 spiro atoms. The van der Waals surface area contributed by atoms with E-state index in [0.717, 1.165) is 0 Å². The van der Waals surface area contributed by atoms with E-state index in [1.807, 2.05) is 0 Å². The van der Waals surface area contributed by atoms with E-state index in [2.05, 4.69) is 0 Å². The van der Waals surface area contributed by atoms with Crippen LogP contribution in [0.3, 0.4) is 0 Å². The first-order chi connectivity index (χ1) is 1.73. The standard InChI is InChI=1S/CH2O3.Au.ClH.K.H/c2-1(3)4;;;;/h(H2,2,3,4);;1H;;. The van der Waals surface area contributed by atoms with E-state index in [-0.39, 0.29) is 86.2 Å². The zero-order valence-electron chi connectivity index (χ0n) is 2.51. The van der Waals surface area contributed by atoms with Gasteiger partial charge in [-0.2, -0.15) is 0 Å². The van der Waals surface area contributed by atoms with Crippen molar-refractivity contribution in [2.45, 2.75) is 0 Å². The molecule has 0 aliphatic heterocycles. The van der Waals surface area contributed by atoms with Crippen molar-refractivity contribution in [3.63, 3.8) is 0 Å². The topological polar surface area (TPSA) is 57.5 Å². The van der Waals surface area contributed by atoms with Gasteiger partial charge in [-0.1, -0.05) is 0 Å². The number of hydrogen-bond donors (Lipinski definition) is 2. The van der Waals surface area contributed by atoms with E-state index in [1.54, 1.807) is 0 Å². The Labute approximate surface area is 105 Å². The number of carboxylic acid groups (broad SMARTS) is 2. The van der Waals surface area contributed by atoms with Crippen LogP contribution in [0.4, 0.5) is 4.79 Å². The molecule has 45 valence electrons. The molecule has 0 saturated heterocycles. The molecular weight excluding hydrogens is 332 g/mol. The van der Waals surface area contributed by atoms with Gasteiger partial charge in [-0.25, -0.2) is 4.79 Å². The van der Waals surface area contributed by atoms with Gasteiger partial charge in [0.05, 0.1) is 0 Å². The first-order valence-electron chi connectivity index (χ1n) is 0.651. The van der Waals surface area contributed by atoms with Gasteiger partial charge in [0, 0.05) is 22.4 Å². The fourth-order valence-corrected chi connectivity index (χ4v) is 0. The Morgan fingerprint density at radius 3 is 1.29 bits per heavy atom. The predicted molar refractivity (Wildman–Crippen MR) is 25.1 cm³/mol. The molecule has 6 heteroatoms. The summed E-state index contributed by atoms with van der Waals surface area (Å²) in [5, 5.41) is 13.9. The van der Waals surface area contributed by atoms with Crippen LogP contribution in [0.25, 0.3) is 0 Å². The molecule has 7 heavy (non-hydrogen) atoms. The summed E-state index contributed by atoms with van der Waals surface area (Å²) >= 11 is 0. The summed E-state index contributed by atoms with van der Waals surface area (Å²) in [6.07, 6.45) is -1.83. The minimum absolute atomic E-state index is 0. The molecule has 0 atom stereocenters. The molecule has 0 fully saturated rings. The van der Waals surface area contributed by atoms with Crippen molar-refractivity contribution in [1.29, 1.82) is 0 Å². The van der Waals surface area contributed by atoms with Crippen LogP contribution in [-0.4, -0.2) is 67.8 Å². The van der Waals surface area contributed by atoms with Gasteiger partial charge in [0.2, 0.25) is 0 Å². The van der Waals surface area contributed by atoms with E-state index >= 15 is 0 Å². The molecule has 0 aliphatic rings. The molecule has 0 aromatic carbocycles. The van der Waals surface area contributed by atoms with Crippen LogP contribution in [0.1, 0.15) is 0 Å². The average Bonchev–Trinajstić information content (AvgIpc) is 0.811. The molecule has 0 bridgehead atoms. The summed E-state index contributed by atoms with van der Waals surface area (Å²) in [6, 6.07) is 0. The number of carbonyl (C=O) groups is 1. The number of rotatable bonds is 0. The van der Waals surface area contributed by atoms with Gasteiger partial charge in [0.1, 0.15) is 0 Å². The normalized spacial score (nSPS) is 3.43. The number of hydrogen-bond acceptors (Lipinski definition) is 1. The molecule has 0 unspecified atom stereocenters. The Hall–Kier alpha value is 1.94. The van der Waals surface area contributed by atoms with E-state index < -0.39 is 6.16 Å². The van der Waals surface area contributed by atoms with Gasteiger partial charge in [-0.3, -0.25) is 0 Å². The Balaban J connectivity index is -0.0000000150. The molecule has 0 amide bonds. The summed E-state index contributed by atoms with van der Waals surface area (Å²) in [5.74, 6) is 0. The first-order valence-corrected chi connectivity index (χ1v) is 0.651. The fourth-order valence-electron chi connectivity index (χ4n) is 0. The second-order valence-electron chi connectivity index (χ2n) is 0.283. The average molecular weight is 336 g/mol. The van der Waals surface area contributed by atoms with Crippen molar-refractivity contribution < 1.29 is 37.4 Å². The van der Waals surface area contributed by atoms with Gasteiger partial charge in [-0.15, -0.1) is 12.4 Å². The summed E-state index contributed by atoms with van der Waals surface area (Å²) in [4.78, 5) is 8.56. The Kier molecular flexibility index (Phi) is 51.7. The van der Waals surface area contributed by atoms with Crippen LogP contribution in [0, 0.1) is 0 Å². The van der Waals surface area contributed by atoms with Gasteiger partial charge in [-0.05, 0) is 0 Å². The van der Waals surface area contributed by atoms with Crippen molar-refractivity contribution >= 4 is 69.9 Å². The van der Waals surface area contributed by atoms with Crippen LogP contribution in [0.5, 0.6) is 0 Å². The third-order valence-electron chi connectivity index (χ3n) is 0. The van der Waals surface area contributed by atoms with Crippen molar-refractivity contribution in [3.8, 4) is 0 Å². The summed E-state index contributed by atoms with van der Waals surface area (Å²) < 4.78 is 0. The molecule has 0 aromatic rings. The second kappa shape index (κ2) is 15.7. The zero-order chi connectivity index (χ0) is 3.58. The second-order valence-corrected chi connectivity index (χ2v) is 0.283. The van der Waals surface area contributed by atoms with Crippen LogP contribution in [-0.2, 0) is 22.4 Å². The number of halogens is 1. The summed E-state index contributed by atoms with van der Waals surface area (Å²) in [6.45, 7) is 0. The van der Waals surface area contributed by atoms with Gasteiger partial charge >= 0.3 is 57.5 Å². The molecule has 1 radical (unpaired) electrons. The third-order valence-corrected chi connectivity index (χ3v) is 0. The SMILES string of the molecule is Cl.O=C(O)O.[Au].[KH]. The van der Waals surface area contributed by atoms with Gasteiger partial charge in [0.25, 0.3) is 0 Å². The Morgan fingerprint density at radius 1 is 1.29 bits per heavy atom. The van der Waals surface area contributed by atoms with Crippen LogP contribution in [0.15, 0.2) is 0 Å². The molecule has 0 aromatic heterocycles. The molecular formula is CH4AuClKO3. The molecule has 3 nitrogen and oxygen atoms in total. The quantitative estimate of drug-likeness (QED) is 0.613. The van der Waals surface area contributed by atoms with E-state index in [0.29, 0.717) is 0 Å². The van der Waals surface area contributed by atoms with Crippen molar-refractivity contribution in [2.24, 2.45) is 0 Å². The third kappa shape index (κ3) is 74.6. The fraction of sp³-hybridized carbons (Fsp3) is 0. The monoisotopic (exact) mass is 335 g/mol. The van der Waals surface area contributed by atoms with E-state index in [9.17, 15) is 0 Å².